The monoisotopic (exact) mass is 346 g/mol. The van der Waals surface area contributed by atoms with Gasteiger partial charge in [0.2, 0.25) is 0 Å². The summed E-state index contributed by atoms with van der Waals surface area (Å²) in [6.45, 7) is 3.42. The minimum Gasteiger partial charge on any atom is -0.491 e. The van der Waals surface area contributed by atoms with E-state index in [1.807, 2.05) is 24.3 Å². The molecule has 1 aliphatic rings. The zero-order valence-electron chi connectivity index (χ0n) is 13.5. The Morgan fingerprint density at radius 3 is 2.71 bits per heavy atom. The van der Waals surface area contributed by atoms with E-state index in [9.17, 15) is 4.79 Å². The van der Waals surface area contributed by atoms with Crippen molar-refractivity contribution in [3.05, 3.63) is 59.7 Å². The van der Waals surface area contributed by atoms with Crippen LogP contribution >= 0.6 is 13.5 Å². The Bertz CT molecular complexity index is 694. The Hall–Kier alpha value is -2.18. The largest absolute Gasteiger partial charge is 0.491 e. The molecular weight excluding hydrogens is 324 g/mol. The third kappa shape index (κ3) is 3.66. The van der Waals surface area contributed by atoms with Crippen molar-refractivity contribution in [2.45, 2.75) is 25.9 Å². The van der Waals surface area contributed by atoms with Crippen molar-refractivity contribution in [3.8, 4) is 5.75 Å². The van der Waals surface area contributed by atoms with Crippen LogP contribution in [0.3, 0.4) is 0 Å². The van der Waals surface area contributed by atoms with Gasteiger partial charge in [-0.25, -0.2) is 5.48 Å². The number of hydrogen-bond donors (Lipinski definition) is 2. The number of anilines is 1. The third-order valence-corrected chi connectivity index (χ3v) is 4.20. The Kier molecular flexibility index (Phi) is 6.11. The smallest absolute Gasteiger partial charge is 0.274 e. The lowest BCUT2D eigenvalue weighted by molar-refractivity contribution is 0.0706. The number of carbonyl (C=O) groups is 1. The molecule has 0 unspecified atom stereocenters. The van der Waals surface area contributed by atoms with Crippen LogP contribution in [-0.4, -0.2) is 23.8 Å². The molecule has 5 nitrogen and oxygen atoms in total. The highest BCUT2D eigenvalue weighted by molar-refractivity contribution is 7.59. The van der Waals surface area contributed by atoms with E-state index in [2.05, 4.69) is 24.0 Å². The zero-order valence-corrected chi connectivity index (χ0v) is 14.5. The lowest BCUT2D eigenvalue weighted by Gasteiger charge is -2.30. The van der Waals surface area contributed by atoms with Crippen molar-refractivity contribution in [3.63, 3.8) is 0 Å². The van der Waals surface area contributed by atoms with Gasteiger partial charge in [-0.1, -0.05) is 31.2 Å². The molecule has 0 radical (unpaired) electrons. The first-order valence-electron chi connectivity index (χ1n) is 7.74. The number of fused-ring (bicyclic) bond motifs is 1. The molecule has 0 spiro atoms. The van der Waals surface area contributed by atoms with E-state index < -0.39 is 5.91 Å². The van der Waals surface area contributed by atoms with E-state index in [0.29, 0.717) is 17.9 Å². The second-order valence-electron chi connectivity index (χ2n) is 5.60. The fourth-order valence-electron chi connectivity index (χ4n) is 2.87. The first-order chi connectivity index (χ1) is 11.2. The number of ether oxygens (including phenoxy) is 1. The van der Waals surface area contributed by atoms with Gasteiger partial charge in [-0.05, 0) is 30.7 Å². The topological polar surface area (TPSA) is 61.8 Å². The summed E-state index contributed by atoms with van der Waals surface area (Å²) < 4.78 is 5.94. The number of nitrogens with one attached hydrogen (secondary N) is 1. The Labute approximate surface area is 148 Å². The molecule has 0 bridgehead atoms. The first-order valence-corrected chi connectivity index (χ1v) is 7.74. The fourth-order valence-corrected chi connectivity index (χ4v) is 2.87. The minimum absolute atomic E-state index is 0. The number of rotatable bonds is 3. The van der Waals surface area contributed by atoms with E-state index in [-0.39, 0.29) is 19.5 Å². The summed E-state index contributed by atoms with van der Waals surface area (Å²) in [5.41, 5.74) is 4.22. The maximum Gasteiger partial charge on any atom is 0.274 e. The average molecular weight is 346 g/mol. The molecule has 0 saturated carbocycles. The summed E-state index contributed by atoms with van der Waals surface area (Å²) >= 11 is 0. The van der Waals surface area contributed by atoms with Crippen molar-refractivity contribution >= 4 is 25.1 Å². The molecule has 2 N–H and O–H groups in total. The van der Waals surface area contributed by atoms with Crippen LogP contribution in [0.15, 0.2) is 48.5 Å². The number of hydrogen-bond acceptors (Lipinski definition) is 4. The summed E-state index contributed by atoms with van der Waals surface area (Å²) in [6.07, 6.45) is 0.965. The minimum atomic E-state index is -0.535. The van der Waals surface area contributed by atoms with E-state index >= 15 is 0 Å². The molecule has 0 saturated heterocycles. The first kappa shape index (κ1) is 18.2. The van der Waals surface area contributed by atoms with Crippen LogP contribution in [0.5, 0.6) is 5.75 Å². The second kappa shape index (κ2) is 8.08. The highest BCUT2D eigenvalue weighted by Gasteiger charge is 2.24. The lowest BCUT2D eigenvalue weighted by Crippen LogP contribution is -2.36. The van der Waals surface area contributed by atoms with Crippen molar-refractivity contribution < 1.29 is 14.7 Å². The highest BCUT2D eigenvalue weighted by atomic mass is 32.1. The molecule has 0 aromatic heterocycles. The van der Waals surface area contributed by atoms with Gasteiger partial charge in [0.05, 0.1) is 6.04 Å². The SMILES string of the molecule is CC[C@H]1COc2cc(C(=O)NO)ccc2CN1c1ccccc1.S. The maximum absolute atomic E-state index is 11.6. The van der Waals surface area contributed by atoms with Gasteiger partial charge >= 0.3 is 0 Å². The van der Waals surface area contributed by atoms with Crippen LogP contribution in [0.2, 0.25) is 0 Å². The van der Waals surface area contributed by atoms with Gasteiger partial charge in [0.15, 0.2) is 0 Å². The number of amides is 1. The van der Waals surface area contributed by atoms with Crippen LogP contribution < -0.4 is 15.1 Å². The van der Waals surface area contributed by atoms with Crippen molar-refractivity contribution in [1.82, 2.24) is 5.48 Å². The summed E-state index contributed by atoms with van der Waals surface area (Å²) in [4.78, 5) is 13.9. The molecule has 24 heavy (non-hydrogen) atoms. The van der Waals surface area contributed by atoms with Crippen LogP contribution in [-0.2, 0) is 6.54 Å². The summed E-state index contributed by atoms with van der Waals surface area (Å²) in [5.74, 6) is 0.163. The Morgan fingerprint density at radius 1 is 1.29 bits per heavy atom. The predicted molar refractivity (Wildman–Crippen MR) is 98.3 cm³/mol. The van der Waals surface area contributed by atoms with Gasteiger partial charge in [0, 0.05) is 23.4 Å². The normalized spacial score (nSPS) is 16.2. The van der Waals surface area contributed by atoms with Crippen LogP contribution in [0, 0.1) is 0 Å². The van der Waals surface area contributed by atoms with Crippen LogP contribution in [0.1, 0.15) is 29.3 Å². The molecule has 1 atom stereocenters. The number of hydroxylamine groups is 1. The van der Waals surface area contributed by atoms with Crippen molar-refractivity contribution in [1.29, 1.82) is 0 Å². The van der Waals surface area contributed by atoms with Crippen LogP contribution in [0.25, 0.3) is 0 Å². The van der Waals surface area contributed by atoms with Gasteiger partial charge in [-0.2, -0.15) is 13.5 Å². The van der Waals surface area contributed by atoms with Crippen molar-refractivity contribution in [2.75, 3.05) is 11.5 Å². The quantitative estimate of drug-likeness (QED) is 0.662. The Morgan fingerprint density at radius 2 is 2.04 bits per heavy atom. The van der Waals surface area contributed by atoms with Gasteiger partial charge in [0.1, 0.15) is 12.4 Å². The van der Waals surface area contributed by atoms with Crippen LogP contribution in [0.4, 0.5) is 5.69 Å². The lowest BCUT2D eigenvalue weighted by atomic mass is 10.1. The van der Waals surface area contributed by atoms with E-state index in [0.717, 1.165) is 24.2 Å². The third-order valence-electron chi connectivity index (χ3n) is 4.20. The predicted octanol–water partition coefficient (Wildman–Crippen LogP) is 3.10. The second-order valence-corrected chi connectivity index (χ2v) is 5.60. The Balaban J connectivity index is 0.00000208. The number of para-hydroxylation sites is 1. The molecule has 128 valence electrons. The molecule has 6 heteroatoms. The zero-order chi connectivity index (χ0) is 16.2. The van der Waals surface area contributed by atoms with E-state index in [1.54, 1.807) is 17.6 Å². The summed E-state index contributed by atoms with van der Waals surface area (Å²) in [6, 6.07) is 15.8. The molecule has 0 fully saturated rings. The summed E-state index contributed by atoms with van der Waals surface area (Å²) in [5, 5.41) is 8.77. The molecule has 0 aliphatic carbocycles. The molecular formula is C18H22N2O3S. The molecule has 2 aromatic rings. The summed E-state index contributed by atoms with van der Waals surface area (Å²) in [7, 11) is 0. The van der Waals surface area contributed by atoms with Gasteiger partial charge in [0.25, 0.3) is 5.91 Å². The van der Waals surface area contributed by atoms with Gasteiger partial charge < -0.3 is 9.64 Å². The molecule has 1 amide bonds. The van der Waals surface area contributed by atoms with E-state index in [4.69, 9.17) is 9.94 Å². The molecule has 1 heterocycles. The van der Waals surface area contributed by atoms with Gasteiger partial charge in [-0.15, -0.1) is 0 Å². The molecule has 2 aromatic carbocycles. The van der Waals surface area contributed by atoms with E-state index in [1.165, 1.54) is 0 Å². The fraction of sp³-hybridized carbons (Fsp3) is 0.278. The number of benzene rings is 2. The average Bonchev–Trinajstić information content (AvgIpc) is 2.80. The maximum atomic E-state index is 11.6. The number of carbonyl (C=O) groups excluding carboxylic acids is 1. The van der Waals surface area contributed by atoms with Crippen molar-refractivity contribution in [2.24, 2.45) is 0 Å². The molecule has 1 aliphatic heterocycles. The van der Waals surface area contributed by atoms with Gasteiger partial charge in [-0.3, -0.25) is 10.0 Å². The number of nitrogens with zero attached hydrogens (tertiary/aromatic N) is 1. The highest BCUT2D eigenvalue weighted by Crippen LogP contribution is 2.30. The molecule has 3 rings (SSSR count). The standard InChI is InChI=1S/C18H20N2O3.H2S/c1-2-15-12-23-17-10-13(18(21)19-22)8-9-14(17)11-20(15)16-6-4-3-5-7-16;/h3-10,15,22H,2,11-12H2,1H3,(H,19,21);1H2/t15-;/m0./s1.